The maximum absolute atomic E-state index is 12.4. The number of benzene rings is 1. The molecule has 9 heteroatoms. The van der Waals surface area contributed by atoms with Gasteiger partial charge in [0.25, 0.3) is 0 Å². The monoisotopic (exact) mass is 389 g/mol. The second-order valence-electron chi connectivity index (χ2n) is 6.48. The largest absolute Gasteiger partial charge is 0.481 e. The van der Waals surface area contributed by atoms with Crippen LogP contribution in [0.4, 0.5) is 0 Å². The van der Waals surface area contributed by atoms with Gasteiger partial charge in [0.05, 0.1) is 12.5 Å². The van der Waals surface area contributed by atoms with E-state index in [1.807, 2.05) is 12.1 Å². The summed E-state index contributed by atoms with van der Waals surface area (Å²) in [6.45, 7) is 3.05. The molecule has 1 saturated heterocycles. The summed E-state index contributed by atoms with van der Waals surface area (Å²) in [7, 11) is 0. The summed E-state index contributed by atoms with van der Waals surface area (Å²) < 4.78 is 0. The van der Waals surface area contributed by atoms with Gasteiger partial charge in [-0.15, -0.1) is 10.2 Å². The Hall–Kier alpha value is -2.74. The third-order valence-electron chi connectivity index (χ3n) is 4.53. The summed E-state index contributed by atoms with van der Waals surface area (Å²) in [5.41, 5.74) is 1.71. The minimum absolute atomic E-state index is 0.130. The molecule has 0 bridgehead atoms. The highest BCUT2D eigenvalue weighted by Gasteiger charge is 2.26. The number of halogens is 1. The Morgan fingerprint density at radius 1 is 1.33 bits per heavy atom. The van der Waals surface area contributed by atoms with Gasteiger partial charge >= 0.3 is 5.97 Å². The first-order valence-corrected chi connectivity index (χ1v) is 9.03. The normalized spacial score (nSPS) is 15.4. The van der Waals surface area contributed by atoms with Crippen LogP contribution in [-0.2, 0) is 16.1 Å². The standard InChI is InChI=1S/C18H20ClN5O3/c1-12-20-22-24(21-12)11-15-10-16(19)4-2-13(15)3-5-17(25)23-8-6-14(7-9-23)18(26)27/h2-5,10,14H,6-9,11H2,1H3,(H,26,27)/b5-3+. The fourth-order valence-corrected chi connectivity index (χ4v) is 3.22. The number of rotatable bonds is 5. The Kier molecular flexibility index (Phi) is 5.85. The van der Waals surface area contributed by atoms with Crippen LogP contribution in [0, 0.1) is 12.8 Å². The molecule has 1 aliphatic rings. The number of likely N-dealkylation sites (tertiary alicyclic amines) is 1. The van der Waals surface area contributed by atoms with Crippen molar-refractivity contribution in [1.82, 2.24) is 25.1 Å². The van der Waals surface area contributed by atoms with Crippen molar-refractivity contribution < 1.29 is 14.7 Å². The van der Waals surface area contributed by atoms with Crippen LogP contribution < -0.4 is 0 Å². The van der Waals surface area contributed by atoms with Crippen LogP contribution in [0.2, 0.25) is 5.02 Å². The van der Waals surface area contributed by atoms with Crippen LogP contribution in [0.25, 0.3) is 6.08 Å². The molecule has 0 radical (unpaired) electrons. The zero-order valence-electron chi connectivity index (χ0n) is 14.9. The number of aromatic nitrogens is 4. The van der Waals surface area contributed by atoms with Crippen molar-refractivity contribution in [2.24, 2.45) is 5.92 Å². The zero-order chi connectivity index (χ0) is 19.4. The molecule has 2 aromatic rings. The van der Waals surface area contributed by atoms with Gasteiger partial charge in [0.15, 0.2) is 5.82 Å². The zero-order valence-corrected chi connectivity index (χ0v) is 15.6. The summed E-state index contributed by atoms with van der Waals surface area (Å²) in [6.07, 6.45) is 4.21. The number of aliphatic carboxylic acids is 1. The van der Waals surface area contributed by atoms with E-state index >= 15 is 0 Å². The van der Waals surface area contributed by atoms with E-state index < -0.39 is 5.97 Å². The molecule has 1 fully saturated rings. The van der Waals surface area contributed by atoms with Gasteiger partial charge in [-0.3, -0.25) is 9.59 Å². The van der Waals surface area contributed by atoms with Gasteiger partial charge < -0.3 is 10.0 Å². The van der Waals surface area contributed by atoms with E-state index in [4.69, 9.17) is 16.7 Å². The van der Waals surface area contributed by atoms with E-state index in [-0.39, 0.29) is 11.8 Å². The first-order valence-electron chi connectivity index (χ1n) is 8.65. The van der Waals surface area contributed by atoms with Crippen LogP contribution in [0.15, 0.2) is 24.3 Å². The molecule has 8 nitrogen and oxygen atoms in total. The number of piperidine rings is 1. The number of hydrogen-bond acceptors (Lipinski definition) is 5. The molecule has 1 aromatic heterocycles. The van der Waals surface area contributed by atoms with E-state index in [1.165, 1.54) is 10.9 Å². The summed E-state index contributed by atoms with van der Waals surface area (Å²) in [5.74, 6) is -0.705. The number of tetrazole rings is 1. The molecule has 1 amide bonds. The highest BCUT2D eigenvalue weighted by molar-refractivity contribution is 6.30. The Morgan fingerprint density at radius 2 is 2.07 bits per heavy atom. The van der Waals surface area contributed by atoms with E-state index in [0.29, 0.717) is 43.3 Å². The number of amides is 1. The number of carboxylic acids is 1. The molecule has 3 rings (SSSR count). The molecule has 0 atom stereocenters. The predicted octanol–water partition coefficient (Wildman–Crippen LogP) is 2.02. The molecule has 27 heavy (non-hydrogen) atoms. The molecular weight excluding hydrogens is 370 g/mol. The van der Waals surface area contributed by atoms with E-state index in [1.54, 1.807) is 24.0 Å². The third kappa shape index (κ3) is 4.91. The van der Waals surface area contributed by atoms with Gasteiger partial charge in [0.2, 0.25) is 5.91 Å². The minimum Gasteiger partial charge on any atom is -0.481 e. The number of nitrogens with zero attached hydrogens (tertiary/aromatic N) is 5. The molecular formula is C18H20ClN5O3. The third-order valence-corrected chi connectivity index (χ3v) is 4.77. The van der Waals surface area contributed by atoms with Gasteiger partial charge in [-0.05, 0) is 54.3 Å². The van der Waals surface area contributed by atoms with Crippen molar-refractivity contribution in [3.8, 4) is 0 Å². The maximum Gasteiger partial charge on any atom is 0.306 e. The van der Waals surface area contributed by atoms with Gasteiger partial charge in [0, 0.05) is 24.2 Å². The molecule has 0 spiro atoms. The van der Waals surface area contributed by atoms with Crippen molar-refractivity contribution in [2.75, 3.05) is 13.1 Å². The van der Waals surface area contributed by atoms with Crippen molar-refractivity contribution >= 4 is 29.6 Å². The number of carbonyl (C=O) groups excluding carboxylic acids is 1. The Labute approximate surface area is 161 Å². The van der Waals surface area contributed by atoms with E-state index in [0.717, 1.165) is 11.1 Å². The molecule has 0 saturated carbocycles. The van der Waals surface area contributed by atoms with Gasteiger partial charge in [-0.1, -0.05) is 17.7 Å². The van der Waals surface area contributed by atoms with Crippen molar-refractivity contribution in [1.29, 1.82) is 0 Å². The van der Waals surface area contributed by atoms with Crippen LogP contribution in [0.5, 0.6) is 0 Å². The van der Waals surface area contributed by atoms with Gasteiger partial charge in [-0.2, -0.15) is 4.80 Å². The van der Waals surface area contributed by atoms with Crippen molar-refractivity contribution in [3.05, 3.63) is 46.2 Å². The lowest BCUT2D eigenvalue weighted by Crippen LogP contribution is -2.39. The highest BCUT2D eigenvalue weighted by atomic mass is 35.5. The number of aryl methyl sites for hydroxylation is 1. The lowest BCUT2D eigenvalue weighted by Gasteiger charge is -2.29. The average molecular weight is 390 g/mol. The first-order chi connectivity index (χ1) is 12.9. The average Bonchev–Trinajstić information content (AvgIpc) is 3.05. The Bertz CT molecular complexity index is 872. The lowest BCUT2D eigenvalue weighted by atomic mass is 9.97. The van der Waals surface area contributed by atoms with Gasteiger partial charge in [0.1, 0.15) is 0 Å². The first kappa shape index (κ1) is 19.0. The second kappa shape index (κ2) is 8.30. The van der Waals surface area contributed by atoms with Crippen molar-refractivity contribution in [2.45, 2.75) is 26.3 Å². The quantitative estimate of drug-likeness (QED) is 0.785. The smallest absolute Gasteiger partial charge is 0.306 e. The summed E-state index contributed by atoms with van der Waals surface area (Å²) in [5, 5.41) is 21.6. The van der Waals surface area contributed by atoms with Crippen LogP contribution in [0.3, 0.4) is 0 Å². The molecule has 1 aliphatic heterocycles. The fourth-order valence-electron chi connectivity index (χ4n) is 3.03. The lowest BCUT2D eigenvalue weighted by molar-refractivity contribution is -0.144. The Morgan fingerprint density at radius 3 is 2.70 bits per heavy atom. The number of carbonyl (C=O) groups is 2. The summed E-state index contributed by atoms with van der Waals surface area (Å²) in [4.78, 5) is 26.6. The predicted molar refractivity (Wildman–Crippen MR) is 99.1 cm³/mol. The topological polar surface area (TPSA) is 101 Å². The second-order valence-corrected chi connectivity index (χ2v) is 6.92. The SMILES string of the molecule is Cc1nnn(Cc2cc(Cl)ccc2/C=C/C(=O)N2CCC(C(=O)O)CC2)n1. The van der Waals surface area contributed by atoms with Crippen LogP contribution in [-0.4, -0.2) is 55.2 Å². The maximum atomic E-state index is 12.4. The molecule has 1 N–H and O–H groups in total. The number of carboxylic acid groups (broad SMARTS) is 1. The van der Waals surface area contributed by atoms with Crippen molar-refractivity contribution in [3.63, 3.8) is 0 Å². The van der Waals surface area contributed by atoms with Crippen LogP contribution in [0.1, 0.15) is 29.8 Å². The molecule has 2 heterocycles. The van der Waals surface area contributed by atoms with Crippen LogP contribution >= 0.6 is 11.6 Å². The molecule has 1 aromatic carbocycles. The van der Waals surface area contributed by atoms with E-state index in [9.17, 15) is 9.59 Å². The fraction of sp³-hybridized carbons (Fsp3) is 0.389. The Balaban J connectivity index is 1.69. The summed E-state index contributed by atoms with van der Waals surface area (Å²) >= 11 is 6.10. The van der Waals surface area contributed by atoms with Gasteiger partial charge in [-0.25, -0.2) is 0 Å². The molecule has 142 valence electrons. The molecule has 0 unspecified atom stereocenters. The minimum atomic E-state index is -0.791. The number of hydrogen-bond donors (Lipinski definition) is 1. The highest BCUT2D eigenvalue weighted by Crippen LogP contribution is 2.20. The van der Waals surface area contributed by atoms with E-state index in [2.05, 4.69) is 15.4 Å². The molecule has 0 aliphatic carbocycles. The summed E-state index contributed by atoms with van der Waals surface area (Å²) in [6, 6.07) is 5.40.